The zero-order chi connectivity index (χ0) is 33.8. The summed E-state index contributed by atoms with van der Waals surface area (Å²) in [6.45, 7) is 7.32. The molecule has 2 aromatic heterocycles. The second kappa shape index (κ2) is 15.4. The summed E-state index contributed by atoms with van der Waals surface area (Å²) >= 11 is 0. The van der Waals surface area contributed by atoms with E-state index in [-0.39, 0.29) is 24.1 Å². The Bertz CT molecular complexity index is 1510. The number of piperidine rings is 1. The lowest BCUT2D eigenvalue weighted by atomic mass is 9.77. The van der Waals surface area contributed by atoms with E-state index in [9.17, 15) is 9.90 Å². The van der Waals surface area contributed by atoms with Gasteiger partial charge in [-0.05, 0) is 81.1 Å². The second-order valence-electron chi connectivity index (χ2n) is 14.7. The number of carboxylic acids is 1. The van der Waals surface area contributed by atoms with Crippen molar-refractivity contribution in [2.45, 2.75) is 95.7 Å². The lowest BCUT2D eigenvalue weighted by molar-refractivity contribution is -0.143. The van der Waals surface area contributed by atoms with Gasteiger partial charge in [0.25, 0.3) is 0 Å². The predicted molar refractivity (Wildman–Crippen MR) is 189 cm³/mol. The van der Waals surface area contributed by atoms with Crippen LogP contribution in [0.1, 0.15) is 93.1 Å². The first-order valence-corrected chi connectivity index (χ1v) is 18.1. The fourth-order valence-electron chi connectivity index (χ4n) is 8.71. The summed E-state index contributed by atoms with van der Waals surface area (Å²) < 4.78 is 7.72. The number of nitrogens with zero attached hydrogens (tertiary/aromatic N) is 6. The van der Waals surface area contributed by atoms with Crippen LogP contribution in [0.3, 0.4) is 0 Å². The Morgan fingerprint density at radius 1 is 1.12 bits per heavy atom. The molecule has 0 unspecified atom stereocenters. The number of hydrogen-bond donors (Lipinski definition) is 2. The Balaban J connectivity index is 1.33. The monoisotopic (exact) mass is 657 g/mol. The molecule has 3 aromatic rings. The van der Waals surface area contributed by atoms with Crippen molar-refractivity contribution in [3.8, 4) is 0 Å². The smallest absolute Gasteiger partial charge is 0.306 e. The van der Waals surface area contributed by atoms with Gasteiger partial charge in [0.2, 0.25) is 5.95 Å². The van der Waals surface area contributed by atoms with Crippen molar-refractivity contribution < 1.29 is 14.6 Å². The minimum Gasteiger partial charge on any atom is -0.481 e. The molecule has 0 bridgehead atoms. The molecular weight excluding hydrogens is 602 g/mol. The average Bonchev–Trinajstić information content (AvgIpc) is 3.54. The van der Waals surface area contributed by atoms with Gasteiger partial charge in [-0.2, -0.15) is 10.1 Å². The van der Waals surface area contributed by atoms with E-state index >= 15 is 0 Å². The van der Waals surface area contributed by atoms with Gasteiger partial charge in [-0.15, -0.1) is 0 Å². The number of fused-ring (bicyclic) bond motifs is 1. The van der Waals surface area contributed by atoms with Crippen LogP contribution in [0.15, 0.2) is 42.7 Å². The highest BCUT2D eigenvalue weighted by Gasteiger charge is 2.34. The van der Waals surface area contributed by atoms with Crippen LogP contribution in [0.5, 0.6) is 0 Å². The number of benzene rings is 1. The minimum absolute atomic E-state index is 0.0102. The topological polar surface area (TPSA) is 109 Å². The molecule has 1 saturated carbocycles. The molecule has 2 aliphatic carbocycles. The lowest BCUT2D eigenvalue weighted by Gasteiger charge is -2.39. The number of likely N-dealkylation sites (tertiary alicyclic amines) is 1. The molecule has 0 amide bonds. The Morgan fingerprint density at radius 3 is 2.56 bits per heavy atom. The SMILES string of the molecule is CC[C@H](C1CCC(C(=O)O)CC1)N(C)c1nc2c(c(N[C@@H](CN3C[C@H](C)C[C@@H](OC)C3)c3cnn(C)c3)n1)C[C@H](c1ccccc1)CC2. The fourth-order valence-corrected chi connectivity index (χ4v) is 8.71. The van der Waals surface area contributed by atoms with E-state index in [1.165, 1.54) is 11.1 Å². The highest BCUT2D eigenvalue weighted by atomic mass is 16.5. The number of aromatic nitrogens is 4. The maximum atomic E-state index is 11.7. The van der Waals surface area contributed by atoms with Crippen LogP contribution in [-0.2, 0) is 29.4 Å². The van der Waals surface area contributed by atoms with Crippen molar-refractivity contribution in [1.82, 2.24) is 24.6 Å². The molecule has 1 aromatic carbocycles. The molecule has 10 nitrogen and oxygen atoms in total. The van der Waals surface area contributed by atoms with Gasteiger partial charge in [0.15, 0.2) is 0 Å². The van der Waals surface area contributed by atoms with E-state index in [1.807, 2.05) is 25.0 Å². The quantitative estimate of drug-likeness (QED) is 0.239. The molecule has 0 radical (unpaired) electrons. The molecule has 1 saturated heterocycles. The number of aryl methyl sites for hydroxylation is 2. The number of ether oxygens (including phenoxy) is 1. The summed E-state index contributed by atoms with van der Waals surface area (Å²) in [6.07, 6.45) is 12.6. The summed E-state index contributed by atoms with van der Waals surface area (Å²) in [7, 11) is 5.94. The average molecular weight is 658 g/mol. The lowest BCUT2D eigenvalue weighted by Crippen LogP contribution is -2.45. The van der Waals surface area contributed by atoms with Crippen molar-refractivity contribution in [3.05, 3.63) is 65.1 Å². The molecule has 3 heterocycles. The minimum atomic E-state index is -0.655. The van der Waals surface area contributed by atoms with Gasteiger partial charge in [-0.3, -0.25) is 14.4 Å². The van der Waals surface area contributed by atoms with Crippen LogP contribution < -0.4 is 10.2 Å². The van der Waals surface area contributed by atoms with E-state index in [0.717, 1.165) is 100 Å². The molecule has 0 spiro atoms. The standard InChI is InChI=1S/C38H55N7O3/c1-6-35(27-12-14-28(15-13-27)37(46)47)44(4)38-41-33-17-16-29(26-10-8-7-9-11-26)19-32(33)36(42-38)40-34(30-20-39-43(3)22-30)24-45-21-25(2)18-31(23-45)48-5/h7-11,20,22,25,27-29,31,34-35H,6,12-19,21,23-24H2,1-5H3,(H,46,47)(H,40,41,42)/t25-,27?,28?,29-,31-,34+,35-/m1/s1. The normalized spacial score (nSPS) is 26.0. The summed E-state index contributed by atoms with van der Waals surface area (Å²) in [4.78, 5) is 27.1. The number of nitrogens with one attached hydrogen (secondary N) is 1. The van der Waals surface area contributed by atoms with Crippen LogP contribution in [-0.4, -0.2) is 81.7 Å². The van der Waals surface area contributed by atoms with Crippen molar-refractivity contribution >= 4 is 17.7 Å². The predicted octanol–water partition coefficient (Wildman–Crippen LogP) is 6.10. The highest BCUT2D eigenvalue weighted by molar-refractivity contribution is 5.70. The van der Waals surface area contributed by atoms with Crippen molar-refractivity contribution in [3.63, 3.8) is 0 Å². The molecule has 2 N–H and O–H groups in total. The number of aliphatic carboxylic acids is 1. The summed E-state index contributed by atoms with van der Waals surface area (Å²) in [5.74, 6) is 2.22. The molecule has 2 fully saturated rings. The first-order valence-electron chi connectivity index (χ1n) is 18.1. The Labute approximate surface area is 286 Å². The third kappa shape index (κ3) is 7.86. The molecule has 6 rings (SSSR count). The van der Waals surface area contributed by atoms with Crippen molar-refractivity contribution in [2.75, 3.05) is 44.0 Å². The van der Waals surface area contributed by atoms with E-state index < -0.39 is 5.97 Å². The molecule has 260 valence electrons. The van der Waals surface area contributed by atoms with E-state index in [0.29, 0.717) is 17.8 Å². The van der Waals surface area contributed by atoms with Crippen LogP contribution in [0.2, 0.25) is 0 Å². The Hall–Kier alpha value is -3.50. The van der Waals surface area contributed by atoms with E-state index in [1.54, 1.807) is 0 Å². The van der Waals surface area contributed by atoms with Crippen molar-refractivity contribution in [2.24, 2.45) is 24.8 Å². The molecular formula is C38H55N7O3. The van der Waals surface area contributed by atoms with Gasteiger partial charge >= 0.3 is 5.97 Å². The van der Waals surface area contributed by atoms with Crippen LogP contribution in [0, 0.1) is 17.8 Å². The fraction of sp³-hybridized carbons (Fsp3) is 0.632. The third-order valence-electron chi connectivity index (χ3n) is 11.3. The van der Waals surface area contributed by atoms with E-state index in [2.05, 4.69) is 77.6 Å². The van der Waals surface area contributed by atoms with Gasteiger partial charge in [0.05, 0.1) is 30.0 Å². The molecule has 5 atom stereocenters. The zero-order valence-corrected chi connectivity index (χ0v) is 29.5. The zero-order valence-electron chi connectivity index (χ0n) is 29.5. The van der Waals surface area contributed by atoms with Gasteiger partial charge in [0.1, 0.15) is 5.82 Å². The number of anilines is 2. The summed E-state index contributed by atoms with van der Waals surface area (Å²) in [5, 5.41) is 18.1. The number of methoxy groups -OCH3 is 1. The molecule has 1 aliphatic heterocycles. The summed E-state index contributed by atoms with van der Waals surface area (Å²) in [6, 6.07) is 11.1. The number of hydrogen-bond acceptors (Lipinski definition) is 8. The van der Waals surface area contributed by atoms with Gasteiger partial charge < -0.3 is 20.1 Å². The first kappa shape index (κ1) is 34.4. The van der Waals surface area contributed by atoms with Crippen molar-refractivity contribution in [1.29, 1.82) is 0 Å². The van der Waals surface area contributed by atoms with Crippen LogP contribution in [0.25, 0.3) is 0 Å². The number of carboxylic acid groups (broad SMARTS) is 1. The third-order valence-corrected chi connectivity index (χ3v) is 11.3. The van der Waals surface area contributed by atoms with Crippen LogP contribution in [0.4, 0.5) is 11.8 Å². The number of rotatable bonds is 12. The second-order valence-corrected chi connectivity index (χ2v) is 14.7. The van der Waals surface area contributed by atoms with Crippen LogP contribution >= 0.6 is 0 Å². The first-order chi connectivity index (χ1) is 23.2. The van der Waals surface area contributed by atoms with Gasteiger partial charge in [0, 0.05) is 64.2 Å². The highest BCUT2D eigenvalue weighted by Crippen LogP contribution is 2.39. The molecule has 10 heteroatoms. The summed E-state index contributed by atoms with van der Waals surface area (Å²) in [5.41, 5.74) is 4.87. The maximum Gasteiger partial charge on any atom is 0.306 e. The van der Waals surface area contributed by atoms with E-state index in [4.69, 9.17) is 14.7 Å². The maximum absolute atomic E-state index is 11.7. The Kier molecular flexibility index (Phi) is 11.0. The number of carbonyl (C=O) groups is 1. The Morgan fingerprint density at radius 2 is 1.90 bits per heavy atom. The molecule has 3 aliphatic rings. The molecule has 48 heavy (non-hydrogen) atoms. The largest absolute Gasteiger partial charge is 0.481 e. The van der Waals surface area contributed by atoms with Gasteiger partial charge in [-0.25, -0.2) is 4.98 Å². The van der Waals surface area contributed by atoms with Gasteiger partial charge in [-0.1, -0.05) is 44.2 Å².